The van der Waals surface area contributed by atoms with Crippen molar-refractivity contribution in [2.24, 2.45) is 0 Å². The molecule has 2 aromatic rings. The van der Waals surface area contributed by atoms with Crippen molar-refractivity contribution in [2.75, 3.05) is 12.4 Å². The Balaban J connectivity index is 2.16. The van der Waals surface area contributed by atoms with E-state index in [0.717, 1.165) is 16.9 Å². The first-order chi connectivity index (χ1) is 9.61. The number of hydrogen-bond donors (Lipinski definition) is 1. The fourth-order valence-corrected chi connectivity index (χ4v) is 1.78. The first-order valence-corrected chi connectivity index (χ1v) is 6.11. The second kappa shape index (κ2) is 6.01. The van der Waals surface area contributed by atoms with Crippen LogP contribution in [0.4, 0.5) is 11.5 Å². The summed E-state index contributed by atoms with van der Waals surface area (Å²) in [4.78, 5) is 14.7. The molecule has 1 N–H and O–H groups in total. The zero-order valence-corrected chi connectivity index (χ0v) is 11.3. The summed E-state index contributed by atoms with van der Waals surface area (Å²) in [7, 11) is 1.79. The molecule has 0 aliphatic heterocycles. The molecule has 0 amide bonds. The van der Waals surface area contributed by atoms with E-state index in [4.69, 9.17) is 4.74 Å². The lowest BCUT2D eigenvalue weighted by molar-refractivity contribution is -0.386. The molecule has 6 nitrogen and oxygen atoms in total. The molecule has 0 fully saturated rings. The van der Waals surface area contributed by atoms with Crippen molar-refractivity contribution in [3.63, 3.8) is 0 Å². The summed E-state index contributed by atoms with van der Waals surface area (Å²) in [5, 5.41) is 13.9. The van der Waals surface area contributed by atoms with Crippen LogP contribution in [0.25, 0.3) is 0 Å². The molecule has 0 bridgehead atoms. The number of para-hydroxylation sites is 1. The summed E-state index contributed by atoms with van der Waals surface area (Å²) >= 11 is 0. The highest BCUT2D eigenvalue weighted by atomic mass is 16.6. The summed E-state index contributed by atoms with van der Waals surface area (Å²) in [5.74, 6) is 1.06. The van der Waals surface area contributed by atoms with Gasteiger partial charge in [-0.3, -0.25) is 10.1 Å². The standard InChI is InChI=1S/C14H15N3O3/c1-10-4-3-5-12(17(18)19)14(10)20-9-11-6-7-13(15-2)16-8-11/h3-8H,9H2,1-2H3,(H,15,16). The minimum Gasteiger partial charge on any atom is -0.482 e. The Morgan fingerprint density at radius 3 is 2.75 bits per heavy atom. The maximum atomic E-state index is 11.0. The maximum absolute atomic E-state index is 11.0. The number of anilines is 1. The van der Waals surface area contributed by atoms with Crippen molar-refractivity contribution >= 4 is 11.5 Å². The van der Waals surface area contributed by atoms with Gasteiger partial charge < -0.3 is 10.1 Å². The van der Waals surface area contributed by atoms with Crippen LogP contribution in [-0.4, -0.2) is 17.0 Å². The number of ether oxygens (including phenoxy) is 1. The lowest BCUT2D eigenvalue weighted by Crippen LogP contribution is -2.01. The largest absolute Gasteiger partial charge is 0.482 e. The van der Waals surface area contributed by atoms with Crippen LogP contribution in [0.15, 0.2) is 36.5 Å². The number of aromatic nitrogens is 1. The van der Waals surface area contributed by atoms with Crippen LogP contribution in [0.2, 0.25) is 0 Å². The van der Waals surface area contributed by atoms with E-state index < -0.39 is 4.92 Å². The van der Waals surface area contributed by atoms with Crippen LogP contribution in [-0.2, 0) is 6.61 Å². The van der Waals surface area contributed by atoms with E-state index in [2.05, 4.69) is 10.3 Å². The number of rotatable bonds is 5. The monoisotopic (exact) mass is 273 g/mol. The van der Waals surface area contributed by atoms with E-state index in [0.29, 0.717) is 5.75 Å². The van der Waals surface area contributed by atoms with E-state index in [1.165, 1.54) is 6.07 Å². The minimum absolute atomic E-state index is 0.0233. The molecule has 1 aromatic carbocycles. The van der Waals surface area contributed by atoms with Gasteiger partial charge in [0.15, 0.2) is 5.75 Å². The third kappa shape index (κ3) is 3.03. The van der Waals surface area contributed by atoms with Crippen molar-refractivity contribution in [1.29, 1.82) is 0 Å². The predicted molar refractivity (Wildman–Crippen MR) is 75.9 cm³/mol. The Hall–Kier alpha value is -2.63. The third-order valence-electron chi connectivity index (χ3n) is 2.85. The highest BCUT2D eigenvalue weighted by Crippen LogP contribution is 2.30. The molecule has 0 spiro atoms. The van der Waals surface area contributed by atoms with Crippen molar-refractivity contribution in [1.82, 2.24) is 4.98 Å². The fraction of sp³-hybridized carbons (Fsp3) is 0.214. The van der Waals surface area contributed by atoms with Gasteiger partial charge in [0.05, 0.1) is 4.92 Å². The van der Waals surface area contributed by atoms with Gasteiger partial charge in [0.1, 0.15) is 12.4 Å². The maximum Gasteiger partial charge on any atom is 0.311 e. The molecule has 0 radical (unpaired) electrons. The Morgan fingerprint density at radius 1 is 1.35 bits per heavy atom. The van der Waals surface area contributed by atoms with Crippen LogP contribution < -0.4 is 10.1 Å². The van der Waals surface area contributed by atoms with E-state index in [9.17, 15) is 10.1 Å². The normalized spacial score (nSPS) is 10.1. The molecular formula is C14H15N3O3. The molecule has 1 heterocycles. The molecule has 6 heteroatoms. The quantitative estimate of drug-likeness (QED) is 0.669. The van der Waals surface area contributed by atoms with Gasteiger partial charge in [0.25, 0.3) is 0 Å². The smallest absolute Gasteiger partial charge is 0.311 e. The molecule has 0 atom stereocenters. The van der Waals surface area contributed by atoms with Gasteiger partial charge in [-0.2, -0.15) is 0 Å². The number of pyridine rings is 1. The second-order valence-electron chi connectivity index (χ2n) is 4.27. The zero-order chi connectivity index (χ0) is 14.5. The van der Waals surface area contributed by atoms with Gasteiger partial charge in [-0.1, -0.05) is 18.2 Å². The van der Waals surface area contributed by atoms with E-state index in [1.807, 2.05) is 12.1 Å². The number of nitro benzene ring substituents is 1. The molecule has 0 saturated heterocycles. The number of benzene rings is 1. The molecule has 0 aliphatic carbocycles. The second-order valence-corrected chi connectivity index (χ2v) is 4.27. The van der Waals surface area contributed by atoms with Crippen molar-refractivity contribution in [3.05, 3.63) is 57.8 Å². The highest BCUT2D eigenvalue weighted by molar-refractivity contribution is 5.51. The fourth-order valence-electron chi connectivity index (χ4n) is 1.78. The molecule has 20 heavy (non-hydrogen) atoms. The van der Waals surface area contributed by atoms with Gasteiger partial charge in [0.2, 0.25) is 0 Å². The topological polar surface area (TPSA) is 77.3 Å². The van der Waals surface area contributed by atoms with Gasteiger partial charge in [-0.05, 0) is 18.6 Å². The van der Waals surface area contributed by atoms with Gasteiger partial charge in [0, 0.05) is 24.9 Å². The number of nitrogens with one attached hydrogen (secondary N) is 1. The van der Waals surface area contributed by atoms with Crippen LogP contribution in [0, 0.1) is 17.0 Å². The highest BCUT2D eigenvalue weighted by Gasteiger charge is 2.16. The van der Waals surface area contributed by atoms with E-state index in [1.54, 1.807) is 32.3 Å². The summed E-state index contributed by atoms with van der Waals surface area (Å²) in [6.07, 6.45) is 1.68. The van der Waals surface area contributed by atoms with E-state index in [-0.39, 0.29) is 12.3 Å². The Morgan fingerprint density at radius 2 is 2.15 bits per heavy atom. The molecule has 0 aliphatic rings. The Kier molecular flexibility index (Phi) is 4.14. The molecule has 0 unspecified atom stereocenters. The van der Waals surface area contributed by atoms with Gasteiger partial charge in [-0.15, -0.1) is 0 Å². The average molecular weight is 273 g/mol. The number of nitro groups is 1. The molecule has 1 aromatic heterocycles. The van der Waals surface area contributed by atoms with Crippen molar-refractivity contribution in [3.8, 4) is 5.75 Å². The Labute approximate surface area is 116 Å². The lowest BCUT2D eigenvalue weighted by Gasteiger charge is -2.09. The lowest BCUT2D eigenvalue weighted by atomic mass is 10.2. The molecule has 2 rings (SSSR count). The Bertz CT molecular complexity index is 612. The molecule has 104 valence electrons. The number of aryl methyl sites for hydroxylation is 1. The number of hydrogen-bond acceptors (Lipinski definition) is 5. The van der Waals surface area contributed by atoms with Crippen LogP contribution >= 0.6 is 0 Å². The van der Waals surface area contributed by atoms with Gasteiger partial charge >= 0.3 is 5.69 Å². The minimum atomic E-state index is -0.440. The first-order valence-electron chi connectivity index (χ1n) is 6.11. The van der Waals surface area contributed by atoms with Crippen LogP contribution in [0.5, 0.6) is 5.75 Å². The summed E-state index contributed by atoms with van der Waals surface area (Å²) in [5.41, 5.74) is 1.56. The molecule has 0 saturated carbocycles. The van der Waals surface area contributed by atoms with E-state index >= 15 is 0 Å². The average Bonchev–Trinajstić information content (AvgIpc) is 2.46. The molecular weight excluding hydrogens is 258 g/mol. The van der Waals surface area contributed by atoms with Gasteiger partial charge in [-0.25, -0.2) is 4.98 Å². The third-order valence-corrected chi connectivity index (χ3v) is 2.85. The first kappa shape index (κ1) is 13.8. The summed E-state index contributed by atoms with van der Waals surface area (Å²) in [6, 6.07) is 8.55. The van der Waals surface area contributed by atoms with Crippen molar-refractivity contribution in [2.45, 2.75) is 13.5 Å². The SMILES string of the molecule is CNc1ccc(COc2c(C)cccc2[N+](=O)[O-])cn1. The summed E-state index contributed by atoms with van der Waals surface area (Å²) < 4.78 is 5.59. The van der Waals surface area contributed by atoms with Crippen LogP contribution in [0.3, 0.4) is 0 Å². The zero-order valence-electron chi connectivity index (χ0n) is 11.3. The van der Waals surface area contributed by atoms with Crippen LogP contribution in [0.1, 0.15) is 11.1 Å². The summed E-state index contributed by atoms with van der Waals surface area (Å²) in [6.45, 7) is 2.02. The van der Waals surface area contributed by atoms with Crippen molar-refractivity contribution < 1.29 is 9.66 Å². The predicted octanol–water partition coefficient (Wildman–Crippen LogP) is 2.92. The number of nitrogens with zero attached hydrogens (tertiary/aromatic N) is 2.